The number of piperazine rings is 1. The van der Waals surface area contributed by atoms with Gasteiger partial charge in [0.1, 0.15) is 0 Å². The van der Waals surface area contributed by atoms with Gasteiger partial charge in [0.25, 0.3) is 6.43 Å². The van der Waals surface area contributed by atoms with Crippen molar-refractivity contribution in [2.24, 2.45) is 0 Å². The smallest absolute Gasteiger partial charge is 0.296 e. The van der Waals surface area contributed by atoms with E-state index < -0.39 is 23.5 Å². The number of aromatic nitrogens is 5. The molecular weight excluding hydrogens is 458 g/mol. The second kappa shape index (κ2) is 9.21. The van der Waals surface area contributed by atoms with Crippen molar-refractivity contribution in [3.8, 4) is 5.95 Å². The Balaban J connectivity index is 1.60. The van der Waals surface area contributed by atoms with Crippen LogP contribution in [0.5, 0.6) is 0 Å². The maximum atomic E-state index is 13.9. The molecule has 4 heterocycles. The summed E-state index contributed by atoms with van der Waals surface area (Å²) in [6, 6.07) is 6.81. The number of rotatable bonds is 5. The highest BCUT2D eigenvalue weighted by molar-refractivity contribution is 7.76. The van der Waals surface area contributed by atoms with Crippen molar-refractivity contribution >= 4 is 34.2 Å². The van der Waals surface area contributed by atoms with Gasteiger partial charge in [0.15, 0.2) is 5.82 Å². The van der Waals surface area contributed by atoms with E-state index in [0.29, 0.717) is 62.3 Å². The van der Waals surface area contributed by atoms with Crippen LogP contribution in [0.1, 0.15) is 12.2 Å². The summed E-state index contributed by atoms with van der Waals surface area (Å²) in [7, 11) is 0. The Morgan fingerprint density at radius 2 is 1.48 bits per heavy atom. The first-order valence-electron chi connectivity index (χ1n) is 10.4. The Bertz CT molecular complexity index is 1170. The van der Waals surface area contributed by atoms with Crippen molar-refractivity contribution in [3.05, 3.63) is 30.1 Å². The van der Waals surface area contributed by atoms with Crippen molar-refractivity contribution in [1.82, 2.24) is 28.8 Å². The first-order valence-corrected chi connectivity index (χ1v) is 11.5. The van der Waals surface area contributed by atoms with E-state index in [0.717, 1.165) is 0 Å². The summed E-state index contributed by atoms with van der Waals surface area (Å²) in [6.07, 6.45) is -2.83. The third-order valence-corrected chi connectivity index (χ3v) is 6.39. The van der Waals surface area contributed by atoms with Crippen molar-refractivity contribution in [3.63, 3.8) is 0 Å². The number of fused-ring (bicyclic) bond motifs is 1. The summed E-state index contributed by atoms with van der Waals surface area (Å²) in [5.74, 6) is 0.245. The molecule has 1 aromatic carbocycles. The van der Waals surface area contributed by atoms with Crippen LogP contribution >= 0.6 is 0 Å². The van der Waals surface area contributed by atoms with Gasteiger partial charge in [-0.05, 0) is 12.1 Å². The van der Waals surface area contributed by atoms with Crippen LogP contribution in [0.25, 0.3) is 17.0 Å². The molecule has 5 rings (SSSR count). The highest BCUT2D eigenvalue weighted by Gasteiger charge is 2.27. The van der Waals surface area contributed by atoms with Gasteiger partial charge < -0.3 is 19.1 Å². The molecule has 2 aliphatic rings. The molecule has 2 aromatic heterocycles. The molecule has 14 heteroatoms. The van der Waals surface area contributed by atoms with Gasteiger partial charge in [-0.1, -0.05) is 12.1 Å². The maximum absolute atomic E-state index is 13.9. The minimum absolute atomic E-state index is 0.0420. The molecule has 33 heavy (non-hydrogen) atoms. The molecule has 2 aliphatic heterocycles. The molecule has 0 aliphatic carbocycles. The van der Waals surface area contributed by atoms with E-state index in [1.54, 1.807) is 24.3 Å². The normalized spacial score (nSPS) is 18.9. The monoisotopic (exact) mass is 479 g/mol. The van der Waals surface area contributed by atoms with Crippen LogP contribution in [0, 0.1) is 0 Å². The van der Waals surface area contributed by atoms with E-state index in [1.807, 2.05) is 9.80 Å². The molecule has 11 nitrogen and oxygen atoms in total. The number of nitrogens with zero attached hydrogens (tertiary/aromatic N) is 8. The number of imidazole rings is 1. The molecule has 0 N–H and O–H groups in total. The topological polar surface area (TPSA) is 116 Å². The SMILES string of the molecule is O=S([O-])N1CCN(c2nc(N3CCOCC3)nc(-n3c(C(F)F)nc4ccccc43)n2)CC1. The van der Waals surface area contributed by atoms with E-state index in [-0.39, 0.29) is 19.0 Å². The highest BCUT2D eigenvalue weighted by Crippen LogP contribution is 2.28. The number of halogens is 2. The van der Waals surface area contributed by atoms with E-state index >= 15 is 0 Å². The zero-order chi connectivity index (χ0) is 22.9. The van der Waals surface area contributed by atoms with Crippen LogP contribution in [0.4, 0.5) is 20.7 Å². The maximum Gasteiger partial charge on any atom is 0.296 e. The van der Waals surface area contributed by atoms with Crippen molar-refractivity contribution in [1.29, 1.82) is 0 Å². The summed E-state index contributed by atoms with van der Waals surface area (Å²) < 4.78 is 58.4. The van der Waals surface area contributed by atoms with Gasteiger partial charge in [-0.25, -0.2) is 18.1 Å². The van der Waals surface area contributed by atoms with Gasteiger partial charge in [-0.2, -0.15) is 15.0 Å². The molecule has 0 amide bonds. The predicted octanol–water partition coefficient (Wildman–Crippen LogP) is 0.901. The predicted molar refractivity (Wildman–Crippen MR) is 115 cm³/mol. The minimum atomic E-state index is -2.83. The van der Waals surface area contributed by atoms with Crippen LogP contribution in [0.2, 0.25) is 0 Å². The number of alkyl halides is 2. The lowest BCUT2D eigenvalue weighted by Gasteiger charge is -2.35. The lowest BCUT2D eigenvalue weighted by molar-refractivity contribution is 0.122. The van der Waals surface area contributed by atoms with Gasteiger partial charge in [0.05, 0.1) is 24.2 Å². The standard InChI is InChI=1S/C19H22F2N8O3S/c20-15(21)16-22-13-3-1-2-4-14(13)29(16)19-24-17(26-5-7-28(8-6-26)33(30)31)23-18(25-19)27-9-11-32-12-10-27/h1-4,15H,5-12H2,(H,30,31)/p-1. The lowest BCUT2D eigenvalue weighted by Crippen LogP contribution is -2.47. The highest BCUT2D eigenvalue weighted by atomic mass is 32.2. The van der Waals surface area contributed by atoms with Crippen molar-refractivity contribution in [2.45, 2.75) is 6.43 Å². The quantitative estimate of drug-likeness (QED) is 0.492. The number of anilines is 2. The second-order valence-electron chi connectivity index (χ2n) is 7.56. The lowest BCUT2D eigenvalue weighted by atomic mass is 10.3. The Hall–Kier alpha value is -2.81. The minimum Gasteiger partial charge on any atom is -0.760 e. The van der Waals surface area contributed by atoms with Gasteiger partial charge in [0.2, 0.25) is 17.8 Å². The Labute approximate surface area is 190 Å². The van der Waals surface area contributed by atoms with E-state index in [9.17, 15) is 17.5 Å². The molecule has 1 atom stereocenters. The van der Waals surface area contributed by atoms with E-state index in [4.69, 9.17) is 4.74 Å². The van der Waals surface area contributed by atoms with Crippen LogP contribution in [-0.4, -0.2) is 90.1 Å². The number of ether oxygens (including phenoxy) is 1. The van der Waals surface area contributed by atoms with Gasteiger partial charge in [-0.15, -0.1) is 0 Å². The Morgan fingerprint density at radius 1 is 0.879 bits per heavy atom. The number of morpholine rings is 1. The average molecular weight is 479 g/mol. The van der Waals surface area contributed by atoms with Gasteiger partial charge >= 0.3 is 0 Å². The summed E-state index contributed by atoms with van der Waals surface area (Å²) in [5.41, 5.74) is 0.874. The third-order valence-electron chi connectivity index (χ3n) is 5.61. The zero-order valence-corrected chi connectivity index (χ0v) is 18.3. The Morgan fingerprint density at radius 3 is 2.12 bits per heavy atom. The van der Waals surface area contributed by atoms with Crippen molar-refractivity contribution in [2.75, 3.05) is 62.3 Å². The fourth-order valence-electron chi connectivity index (χ4n) is 3.93. The van der Waals surface area contributed by atoms with Crippen LogP contribution in [0.3, 0.4) is 0 Å². The third kappa shape index (κ3) is 4.38. The number of hydrogen-bond donors (Lipinski definition) is 0. The van der Waals surface area contributed by atoms with Crippen LogP contribution in [0.15, 0.2) is 24.3 Å². The molecule has 0 spiro atoms. The van der Waals surface area contributed by atoms with E-state index in [2.05, 4.69) is 19.9 Å². The first-order chi connectivity index (χ1) is 16.0. The van der Waals surface area contributed by atoms with Crippen molar-refractivity contribution < 1.29 is 22.3 Å². The van der Waals surface area contributed by atoms with Crippen LogP contribution in [-0.2, 0) is 16.0 Å². The largest absolute Gasteiger partial charge is 0.760 e. The zero-order valence-electron chi connectivity index (χ0n) is 17.5. The molecule has 2 saturated heterocycles. The summed E-state index contributed by atoms with van der Waals surface area (Å²) >= 11 is -2.30. The number of hydrogen-bond acceptors (Lipinski definition) is 9. The fraction of sp³-hybridized carbons (Fsp3) is 0.474. The Kier molecular flexibility index (Phi) is 6.14. The molecule has 0 bridgehead atoms. The molecule has 1 unspecified atom stereocenters. The molecule has 176 valence electrons. The first kappa shape index (κ1) is 22.0. The average Bonchev–Trinajstić information content (AvgIpc) is 3.24. The molecular formula is C19H21F2N8O3S-. The molecule has 2 fully saturated rings. The summed E-state index contributed by atoms with van der Waals surface area (Å²) in [6.45, 7) is 3.40. The summed E-state index contributed by atoms with van der Waals surface area (Å²) in [5, 5.41) is 0. The van der Waals surface area contributed by atoms with Gasteiger partial charge in [-0.3, -0.25) is 8.78 Å². The molecule has 3 aromatic rings. The number of para-hydroxylation sites is 2. The van der Waals surface area contributed by atoms with E-state index in [1.165, 1.54) is 8.87 Å². The number of benzene rings is 1. The fourth-order valence-corrected chi connectivity index (χ4v) is 4.39. The molecule has 0 saturated carbocycles. The molecule has 0 radical (unpaired) electrons. The van der Waals surface area contributed by atoms with Crippen LogP contribution < -0.4 is 9.80 Å². The van der Waals surface area contributed by atoms with Gasteiger partial charge in [0, 0.05) is 50.5 Å². The summed E-state index contributed by atoms with van der Waals surface area (Å²) in [4.78, 5) is 21.5. The second-order valence-corrected chi connectivity index (χ2v) is 8.51.